The van der Waals surface area contributed by atoms with Gasteiger partial charge >= 0.3 is 0 Å². The van der Waals surface area contributed by atoms with Crippen LogP contribution in [0.25, 0.3) is 0 Å². The summed E-state index contributed by atoms with van der Waals surface area (Å²) in [5.41, 5.74) is 2.43. The number of anilines is 1. The Morgan fingerprint density at radius 2 is 1.54 bits per heavy atom. The molecule has 2 aromatic rings. The van der Waals surface area contributed by atoms with Crippen LogP contribution in [-0.4, -0.2) is 20.3 Å². The number of methoxy groups -OCH3 is 1. The van der Waals surface area contributed by atoms with Gasteiger partial charge in [0.1, 0.15) is 11.5 Å². The Labute approximate surface area is 146 Å². The summed E-state index contributed by atoms with van der Waals surface area (Å²) in [6.45, 7) is 3.94. The Kier molecular flexibility index (Phi) is 8.02. The number of rotatable bonds is 11. The van der Waals surface area contributed by atoms with Crippen molar-refractivity contribution in [3.05, 3.63) is 54.1 Å². The highest BCUT2D eigenvalue weighted by atomic mass is 16.5. The first-order chi connectivity index (χ1) is 11.8. The molecule has 0 aliphatic rings. The summed E-state index contributed by atoms with van der Waals surface area (Å²) in [6.07, 6.45) is 5.92. The molecule has 0 bridgehead atoms. The van der Waals surface area contributed by atoms with Gasteiger partial charge in [-0.15, -0.1) is 0 Å². The number of benzene rings is 2. The fourth-order valence-electron chi connectivity index (χ4n) is 2.53. The molecule has 0 aromatic heterocycles. The zero-order valence-corrected chi connectivity index (χ0v) is 14.9. The SMILES string of the molecule is CCCCCCOc1ccc(NCCc2ccc(OC)cc2)cc1. The summed E-state index contributed by atoms with van der Waals surface area (Å²) in [4.78, 5) is 0. The predicted molar refractivity (Wildman–Crippen MR) is 101 cm³/mol. The van der Waals surface area contributed by atoms with E-state index in [9.17, 15) is 0 Å². The molecule has 0 saturated carbocycles. The van der Waals surface area contributed by atoms with Gasteiger partial charge in [0.05, 0.1) is 13.7 Å². The lowest BCUT2D eigenvalue weighted by molar-refractivity contribution is 0.305. The van der Waals surface area contributed by atoms with E-state index < -0.39 is 0 Å². The zero-order chi connectivity index (χ0) is 17.0. The molecule has 130 valence electrons. The van der Waals surface area contributed by atoms with Crippen molar-refractivity contribution in [1.82, 2.24) is 0 Å². The molecule has 0 aliphatic heterocycles. The first-order valence-corrected chi connectivity index (χ1v) is 8.91. The maximum atomic E-state index is 5.76. The van der Waals surface area contributed by atoms with Gasteiger partial charge in [0.2, 0.25) is 0 Å². The Morgan fingerprint density at radius 3 is 2.21 bits per heavy atom. The van der Waals surface area contributed by atoms with Gasteiger partial charge in [-0.3, -0.25) is 0 Å². The number of nitrogens with one attached hydrogen (secondary N) is 1. The average Bonchev–Trinajstić information content (AvgIpc) is 2.63. The Morgan fingerprint density at radius 1 is 0.833 bits per heavy atom. The van der Waals surface area contributed by atoms with Crippen molar-refractivity contribution >= 4 is 5.69 Å². The fourth-order valence-corrected chi connectivity index (χ4v) is 2.53. The van der Waals surface area contributed by atoms with Crippen LogP contribution in [0.4, 0.5) is 5.69 Å². The highest BCUT2D eigenvalue weighted by Crippen LogP contribution is 2.17. The second kappa shape index (κ2) is 10.6. The highest BCUT2D eigenvalue weighted by Gasteiger charge is 1.98. The molecule has 24 heavy (non-hydrogen) atoms. The third kappa shape index (κ3) is 6.53. The van der Waals surface area contributed by atoms with E-state index in [-0.39, 0.29) is 0 Å². The van der Waals surface area contributed by atoms with Gasteiger partial charge in [0, 0.05) is 12.2 Å². The molecule has 0 heterocycles. The number of hydrogen-bond donors (Lipinski definition) is 1. The third-order valence-electron chi connectivity index (χ3n) is 4.02. The summed E-state index contributed by atoms with van der Waals surface area (Å²) in [6, 6.07) is 16.5. The lowest BCUT2D eigenvalue weighted by atomic mass is 10.1. The van der Waals surface area contributed by atoms with Crippen LogP contribution in [0.15, 0.2) is 48.5 Å². The second-order valence-corrected chi connectivity index (χ2v) is 5.96. The molecule has 0 saturated heterocycles. The van der Waals surface area contributed by atoms with Crippen LogP contribution in [0.1, 0.15) is 38.2 Å². The van der Waals surface area contributed by atoms with E-state index in [4.69, 9.17) is 9.47 Å². The molecule has 2 aromatic carbocycles. The van der Waals surface area contributed by atoms with Gasteiger partial charge < -0.3 is 14.8 Å². The lowest BCUT2D eigenvalue weighted by Crippen LogP contribution is -2.05. The van der Waals surface area contributed by atoms with E-state index in [1.807, 2.05) is 24.3 Å². The minimum Gasteiger partial charge on any atom is -0.497 e. The maximum absolute atomic E-state index is 5.76. The van der Waals surface area contributed by atoms with Gasteiger partial charge in [-0.2, -0.15) is 0 Å². The summed E-state index contributed by atoms with van der Waals surface area (Å²) in [7, 11) is 1.69. The Hall–Kier alpha value is -2.16. The molecular weight excluding hydrogens is 298 g/mol. The van der Waals surface area contributed by atoms with Crippen molar-refractivity contribution in [2.24, 2.45) is 0 Å². The average molecular weight is 327 g/mol. The monoisotopic (exact) mass is 327 g/mol. The van der Waals surface area contributed by atoms with Crippen molar-refractivity contribution in [2.45, 2.75) is 39.0 Å². The lowest BCUT2D eigenvalue weighted by Gasteiger charge is -2.09. The second-order valence-electron chi connectivity index (χ2n) is 5.96. The van der Waals surface area contributed by atoms with Crippen LogP contribution in [0.5, 0.6) is 11.5 Å². The Balaban J connectivity index is 1.67. The predicted octanol–water partition coefficient (Wildman–Crippen LogP) is 5.31. The van der Waals surface area contributed by atoms with E-state index in [2.05, 4.69) is 36.5 Å². The van der Waals surface area contributed by atoms with E-state index in [1.165, 1.54) is 24.8 Å². The third-order valence-corrected chi connectivity index (χ3v) is 4.02. The van der Waals surface area contributed by atoms with Crippen molar-refractivity contribution in [3.8, 4) is 11.5 Å². The summed E-state index contributed by atoms with van der Waals surface area (Å²) >= 11 is 0. The normalized spacial score (nSPS) is 10.4. The standard InChI is InChI=1S/C21H29NO2/c1-3-4-5-6-17-24-21-13-9-19(10-14-21)22-16-15-18-7-11-20(23-2)12-8-18/h7-14,22H,3-6,15-17H2,1-2H3. The quantitative estimate of drug-likeness (QED) is 0.567. The molecule has 0 atom stereocenters. The van der Waals surface area contributed by atoms with E-state index in [0.29, 0.717) is 0 Å². The molecule has 0 radical (unpaired) electrons. The number of hydrogen-bond acceptors (Lipinski definition) is 3. The van der Waals surface area contributed by atoms with Crippen LogP contribution < -0.4 is 14.8 Å². The highest BCUT2D eigenvalue weighted by molar-refractivity contribution is 5.46. The minimum absolute atomic E-state index is 0.810. The van der Waals surface area contributed by atoms with Gasteiger partial charge in [-0.1, -0.05) is 38.3 Å². The van der Waals surface area contributed by atoms with E-state index in [0.717, 1.165) is 43.2 Å². The van der Waals surface area contributed by atoms with Crippen molar-refractivity contribution in [2.75, 3.05) is 25.6 Å². The topological polar surface area (TPSA) is 30.5 Å². The molecule has 0 aliphatic carbocycles. The molecule has 0 unspecified atom stereocenters. The molecule has 0 fully saturated rings. The first kappa shape index (κ1) is 18.2. The number of unbranched alkanes of at least 4 members (excludes halogenated alkanes) is 3. The van der Waals surface area contributed by atoms with Gasteiger partial charge in [0.15, 0.2) is 0 Å². The summed E-state index contributed by atoms with van der Waals surface area (Å²) < 4.78 is 10.9. The fraction of sp³-hybridized carbons (Fsp3) is 0.429. The van der Waals surface area contributed by atoms with Crippen LogP contribution >= 0.6 is 0 Å². The van der Waals surface area contributed by atoms with Gasteiger partial charge in [-0.25, -0.2) is 0 Å². The number of ether oxygens (including phenoxy) is 2. The van der Waals surface area contributed by atoms with Crippen LogP contribution in [-0.2, 0) is 6.42 Å². The van der Waals surface area contributed by atoms with Gasteiger partial charge in [-0.05, 0) is 54.8 Å². The largest absolute Gasteiger partial charge is 0.497 e. The van der Waals surface area contributed by atoms with Crippen LogP contribution in [0.3, 0.4) is 0 Å². The van der Waals surface area contributed by atoms with Crippen LogP contribution in [0.2, 0.25) is 0 Å². The molecule has 2 rings (SSSR count). The first-order valence-electron chi connectivity index (χ1n) is 8.91. The van der Waals surface area contributed by atoms with Crippen molar-refractivity contribution < 1.29 is 9.47 Å². The molecule has 0 spiro atoms. The molecular formula is C21H29NO2. The molecule has 0 amide bonds. The molecule has 1 N–H and O–H groups in total. The smallest absolute Gasteiger partial charge is 0.119 e. The van der Waals surface area contributed by atoms with Gasteiger partial charge in [0.25, 0.3) is 0 Å². The molecule has 3 nitrogen and oxygen atoms in total. The van der Waals surface area contributed by atoms with Crippen molar-refractivity contribution in [1.29, 1.82) is 0 Å². The zero-order valence-electron chi connectivity index (χ0n) is 14.9. The van der Waals surface area contributed by atoms with Crippen molar-refractivity contribution in [3.63, 3.8) is 0 Å². The summed E-state index contributed by atoms with van der Waals surface area (Å²) in [5, 5.41) is 3.45. The van der Waals surface area contributed by atoms with E-state index in [1.54, 1.807) is 7.11 Å². The molecule has 3 heteroatoms. The minimum atomic E-state index is 0.810. The van der Waals surface area contributed by atoms with Crippen LogP contribution in [0, 0.1) is 0 Å². The Bertz CT molecular complexity index is 563. The summed E-state index contributed by atoms with van der Waals surface area (Å²) in [5.74, 6) is 1.85. The maximum Gasteiger partial charge on any atom is 0.119 e. The van der Waals surface area contributed by atoms with E-state index >= 15 is 0 Å².